The van der Waals surface area contributed by atoms with Crippen molar-refractivity contribution in [1.29, 1.82) is 0 Å². The van der Waals surface area contributed by atoms with Gasteiger partial charge < -0.3 is 9.84 Å². The van der Waals surface area contributed by atoms with Crippen molar-refractivity contribution < 1.29 is 14.6 Å². The van der Waals surface area contributed by atoms with Gasteiger partial charge in [0.05, 0.1) is 11.4 Å². The van der Waals surface area contributed by atoms with Crippen LogP contribution in [0.15, 0.2) is 23.2 Å². The number of carboxylic acid groups (broad SMARTS) is 1. The minimum absolute atomic E-state index is 0.0805. The van der Waals surface area contributed by atoms with Crippen molar-refractivity contribution >= 4 is 14.0 Å². The van der Waals surface area contributed by atoms with Crippen molar-refractivity contribution in [3.8, 4) is 12.5 Å². The number of rotatable bonds is 4. The van der Waals surface area contributed by atoms with E-state index in [1.165, 1.54) is 0 Å². The zero-order valence-corrected chi connectivity index (χ0v) is 15.6. The van der Waals surface area contributed by atoms with E-state index in [1.807, 2.05) is 44.7 Å². The van der Waals surface area contributed by atoms with E-state index in [9.17, 15) is 9.90 Å². The van der Waals surface area contributed by atoms with Crippen LogP contribution < -0.4 is 0 Å². The molecule has 1 N–H and O–H groups in total. The van der Waals surface area contributed by atoms with Crippen molar-refractivity contribution in [2.75, 3.05) is 0 Å². The number of ether oxygens (including phenoxy) is 1. The quantitative estimate of drug-likeness (QED) is 0.636. The maximum absolute atomic E-state index is 11.6. The van der Waals surface area contributed by atoms with Crippen LogP contribution in [0.2, 0.25) is 19.6 Å². The number of carboxylic acids is 1. The predicted octanol–water partition coefficient (Wildman–Crippen LogP) is 3.44. The third kappa shape index (κ3) is 3.95. The van der Waals surface area contributed by atoms with Crippen molar-refractivity contribution in [2.45, 2.75) is 59.5 Å². The Bertz CT molecular complexity index is 544. The molecule has 0 bridgehead atoms. The van der Waals surface area contributed by atoms with Gasteiger partial charge in [-0.05, 0) is 13.0 Å². The lowest BCUT2D eigenvalue weighted by Crippen LogP contribution is -2.44. The zero-order chi connectivity index (χ0) is 17.3. The Kier molecular flexibility index (Phi) is 5.19. The Morgan fingerprint density at radius 1 is 1.45 bits per heavy atom. The molecule has 2 atom stereocenters. The van der Waals surface area contributed by atoms with E-state index in [4.69, 9.17) is 11.2 Å². The summed E-state index contributed by atoms with van der Waals surface area (Å²) >= 11 is 0. The van der Waals surface area contributed by atoms with Crippen LogP contribution in [0.4, 0.5) is 0 Å². The Balaban J connectivity index is 3.36. The fourth-order valence-electron chi connectivity index (χ4n) is 2.45. The standard InChI is InChI=1S/C17H27NO3Si/c1-9-18-12(2)10-11-13(15(18)22(6,7)8)21-14(16(19)20)17(3,4)5/h1,10-12,14H,2-8H3,(H,19,20). The molecule has 0 aromatic heterocycles. The average Bonchev–Trinajstić information content (AvgIpc) is 2.33. The fraction of sp³-hybridized carbons (Fsp3) is 0.588. The SMILES string of the molecule is C#CN1C([Si](C)(C)C)=C(OC(C(=O)O)C(C)(C)C)C=CC1C. The number of hydrogen-bond acceptors (Lipinski definition) is 3. The van der Waals surface area contributed by atoms with Gasteiger partial charge in [-0.15, -0.1) is 0 Å². The normalized spacial score (nSPS) is 20.6. The van der Waals surface area contributed by atoms with Gasteiger partial charge in [0.2, 0.25) is 0 Å². The van der Waals surface area contributed by atoms with Gasteiger partial charge in [0.15, 0.2) is 6.10 Å². The van der Waals surface area contributed by atoms with E-state index in [1.54, 1.807) is 0 Å². The summed E-state index contributed by atoms with van der Waals surface area (Å²) in [6.45, 7) is 14.1. The summed E-state index contributed by atoms with van der Waals surface area (Å²) in [5, 5.41) is 10.5. The van der Waals surface area contributed by atoms with Gasteiger partial charge in [-0.2, -0.15) is 0 Å². The molecule has 0 saturated carbocycles. The van der Waals surface area contributed by atoms with E-state index in [-0.39, 0.29) is 6.04 Å². The van der Waals surface area contributed by atoms with Gasteiger partial charge in [0, 0.05) is 11.5 Å². The number of carbonyl (C=O) groups is 1. The second kappa shape index (κ2) is 6.21. The summed E-state index contributed by atoms with van der Waals surface area (Å²) in [6, 6.07) is 2.79. The molecule has 2 unspecified atom stereocenters. The second-order valence-electron chi connectivity index (χ2n) is 7.76. The molecule has 0 aromatic rings. The van der Waals surface area contributed by atoms with Crippen LogP contribution in [0.1, 0.15) is 27.7 Å². The first-order chi connectivity index (χ1) is 9.89. The minimum Gasteiger partial charge on any atom is -0.478 e. The molecular formula is C17H27NO3Si. The molecule has 1 rings (SSSR count). The minimum atomic E-state index is -1.81. The molecule has 0 aromatic carbocycles. The molecule has 122 valence electrons. The molecule has 1 heterocycles. The number of hydrogen-bond donors (Lipinski definition) is 1. The summed E-state index contributed by atoms with van der Waals surface area (Å²) in [7, 11) is -1.81. The van der Waals surface area contributed by atoms with E-state index >= 15 is 0 Å². The Hall–Kier alpha value is -1.67. The lowest BCUT2D eigenvalue weighted by atomic mass is 9.89. The highest BCUT2D eigenvalue weighted by Crippen LogP contribution is 2.33. The molecule has 0 amide bonds. The highest BCUT2D eigenvalue weighted by Gasteiger charge is 2.38. The number of allylic oxidation sites excluding steroid dienone is 1. The van der Waals surface area contributed by atoms with Crippen molar-refractivity contribution in [1.82, 2.24) is 4.90 Å². The molecule has 1 aliphatic rings. The first kappa shape index (κ1) is 18.4. The number of nitrogens with zero attached hydrogens (tertiary/aromatic N) is 1. The first-order valence-electron chi connectivity index (χ1n) is 7.47. The van der Waals surface area contributed by atoms with Gasteiger partial charge in [0.1, 0.15) is 13.8 Å². The first-order valence-corrected chi connectivity index (χ1v) is 11.0. The maximum Gasteiger partial charge on any atom is 0.345 e. The average molecular weight is 321 g/mol. The smallest absolute Gasteiger partial charge is 0.345 e. The van der Waals surface area contributed by atoms with Crippen LogP contribution in [0.5, 0.6) is 0 Å². The van der Waals surface area contributed by atoms with Gasteiger partial charge in [-0.3, -0.25) is 4.90 Å². The summed E-state index contributed by atoms with van der Waals surface area (Å²) < 4.78 is 5.93. The fourth-order valence-corrected chi connectivity index (χ4v) is 4.32. The largest absolute Gasteiger partial charge is 0.478 e. The topological polar surface area (TPSA) is 49.8 Å². The summed E-state index contributed by atoms with van der Waals surface area (Å²) in [6.07, 6.45) is 8.57. The molecule has 22 heavy (non-hydrogen) atoms. The highest BCUT2D eigenvalue weighted by atomic mass is 28.3. The van der Waals surface area contributed by atoms with Crippen LogP contribution in [0, 0.1) is 17.9 Å². The molecule has 1 aliphatic heterocycles. The third-order valence-corrected chi connectivity index (χ3v) is 5.42. The van der Waals surface area contributed by atoms with Crippen LogP contribution in [-0.2, 0) is 9.53 Å². The monoisotopic (exact) mass is 321 g/mol. The second-order valence-corrected chi connectivity index (χ2v) is 12.7. The van der Waals surface area contributed by atoms with Crippen molar-refractivity contribution in [3.05, 3.63) is 23.2 Å². The molecular weight excluding hydrogens is 294 g/mol. The van der Waals surface area contributed by atoms with E-state index in [0.29, 0.717) is 5.76 Å². The zero-order valence-electron chi connectivity index (χ0n) is 14.6. The van der Waals surface area contributed by atoms with E-state index < -0.39 is 25.6 Å². The predicted molar refractivity (Wildman–Crippen MR) is 91.6 cm³/mol. The third-order valence-electron chi connectivity index (χ3n) is 3.51. The Morgan fingerprint density at radius 3 is 2.36 bits per heavy atom. The van der Waals surface area contributed by atoms with E-state index in [0.717, 1.165) is 5.32 Å². The maximum atomic E-state index is 11.6. The van der Waals surface area contributed by atoms with Gasteiger partial charge in [0.25, 0.3) is 0 Å². The molecule has 0 radical (unpaired) electrons. The van der Waals surface area contributed by atoms with Gasteiger partial charge in [-0.1, -0.05) is 52.9 Å². The van der Waals surface area contributed by atoms with Crippen LogP contribution in [0.25, 0.3) is 0 Å². The van der Waals surface area contributed by atoms with Crippen LogP contribution >= 0.6 is 0 Å². The van der Waals surface area contributed by atoms with E-state index in [2.05, 4.69) is 25.7 Å². The number of terminal acetylenes is 1. The highest BCUT2D eigenvalue weighted by molar-refractivity contribution is 6.83. The molecule has 5 heteroatoms. The Labute approximate surface area is 134 Å². The van der Waals surface area contributed by atoms with Crippen molar-refractivity contribution in [2.24, 2.45) is 5.41 Å². The lowest BCUT2D eigenvalue weighted by Gasteiger charge is -2.38. The molecule has 0 fully saturated rings. The molecule has 0 spiro atoms. The summed E-state index contributed by atoms with van der Waals surface area (Å²) in [5.74, 6) is -0.369. The molecule has 4 nitrogen and oxygen atoms in total. The van der Waals surface area contributed by atoms with Crippen LogP contribution in [0.3, 0.4) is 0 Å². The molecule has 0 aliphatic carbocycles. The molecule has 0 saturated heterocycles. The van der Waals surface area contributed by atoms with Gasteiger partial charge in [-0.25, -0.2) is 4.79 Å². The summed E-state index contributed by atoms with van der Waals surface area (Å²) in [4.78, 5) is 13.4. The van der Waals surface area contributed by atoms with Gasteiger partial charge >= 0.3 is 5.97 Å². The van der Waals surface area contributed by atoms with Crippen LogP contribution in [-0.4, -0.2) is 36.2 Å². The lowest BCUT2D eigenvalue weighted by molar-refractivity contribution is -0.154. The number of aliphatic carboxylic acids is 1. The summed E-state index contributed by atoms with van der Waals surface area (Å²) in [5.41, 5.74) is -0.513. The Morgan fingerprint density at radius 2 is 2.00 bits per heavy atom. The van der Waals surface area contributed by atoms with Crippen molar-refractivity contribution in [3.63, 3.8) is 0 Å².